The highest BCUT2D eigenvalue weighted by Gasteiger charge is 2.28. The molecule has 0 bridgehead atoms. The van der Waals surface area contributed by atoms with Crippen LogP contribution in [0.4, 0.5) is 0 Å². The second-order valence-electron chi connectivity index (χ2n) is 6.48. The predicted octanol–water partition coefficient (Wildman–Crippen LogP) is 3.24. The maximum atomic E-state index is 4.48. The van der Waals surface area contributed by atoms with Gasteiger partial charge < -0.3 is 0 Å². The van der Waals surface area contributed by atoms with Gasteiger partial charge in [0, 0.05) is 0 Å². The van der Waals surface area contributed by atoms with Crippen molar-refractivity contribution in [1.82, 2.24) is 15.0 Å². The molecule has 102 valence electrons. The molecule has 0 N–H and O–H groups in total. The molecule has 4 heteroatoms. The lowest BCUT2D eigenvalue weighted by atomic mass is 10.1. The number of hydrogen-bond donors (Lipinski definition) is 0. The Kier molecular flexibility index (Phi) is 3.63. The van der Waals surface area contributed by atoms with Crippen LogP contribution in [0.3, 0.4) is 0 Å². The van der Waals surface area contributed by atoms with Gasteiger partial charge in [-0.05, 0) is 25.0 Å². The third kappa shape index (κ3) is 2.78. The molecule has 0 unspecified atom stereocenters. The highest BCUT2D eigenvalue weighted by atomic mass is 28.3. The Hall–Kier alpha value is -1.42. The second-order valence-corrected chi connectivity index (χ2v) is 11.4. The Morgan fingerprint density at radius 2 is 1.63 bits per heavy atom. The van der Waals surface area contributed by atoms with E-state index in [0.29, 0.717) is 5.92 Å². The molecule has 0 amide bonds. The fourth-order valence-corrected chi connectivity index (χ4v) is 3.73. The van der Waals surface area contributed by atoms with Gasteiger partial charge in [-0.3, -0.25) is 0 Å². The Bertz CT molecular complexity index is 562. The van der Waals surface area contributed by atoms with Crippen LogP contribution < -0.4 is 5.32 Å². The average Bonchev–Trinajstić information content (AvgIpc) is 2.74. The van der Waals surface area contributed by atoms with Gasteiger partial charge in [-0.1, -0.05) is 56.4 Å². The number of aryl methyl sites for hydroxylation is 1. The minimum atomic E-state index is -1.46. The lowest BCUT2D eigenvalue weighted by Gasteiger charge is -2.18. The summed E-state index contributed by atoms with van der Waals surface area (Å²) in [5.74, 6) is 0.429. The lowest BCUT2D eigenvalue weighted by molar-refractivity contribution is 0.716. The molecule has 0 saturated heterocycles. The van der Waals surface area contributed by atoms with Crippen LogP contribution in [0.25, 0.3) is 5.69 Å². The molecule has 0 atom stereocenters. The number of nitrogens with zero attached hydrogens (tertiary/aromatic N) is 3. The van der Waals surface area contributed by atoms with Crippen LogP contribution >= 0.6 is 0 Å². The van der Waals surface area contributed by atoms with Crippen molar-refractivity contribution in [2.24, 2.45) is 0 Å². The third-order valence-corrected chi connectivity index (χ3v) is 5.02. The fourth-order valence-electron chi connectivity index (χ4n) is 2.22. The zero-order valence-corrected chi connectivity index (χ0v) is 13.7. The van der Waals surface area contributed by atoms with E-state index in [-0.39, 0.29) is 0 Å². The van der Waals surface area contributed by atoms with Gasteiger partial charge in [-0.2, -0.15) is 0 Å². The van der Waals surface area contributed by atoms with Crippen LogP contribution in [0.2, 0.25) is 19.6 Å². The van der Waals surface area contributed by atoms with Crippen LogP contribution in [-0.2, 0) is 0 Å². The average molecular weight is 273 g/mol. The zero-order valence-electron chi connectivity index (χ0n) is 12.7. The maximum Gasteiger partial charge on any atom is 0.106 e. The van der Waals surface area contributed by atoms with Crippen molar-refractivity contribution in [3.05, 3.63) is 35.5 Å². The molecule has 1 heterocycles. The van der Waals surface area contributed by atoms with Gasteiger partial charge in [0.2, 0.25) is 0 Å². The molecule has 0 spiro atoms. The smallest absolute Gasteiger partial charge is 0.106 e. The van der Waals surface area contributed by atoms with Crippen LogP contribution in [0.1, 0.15) is 31.0 Å². The molecule has 0 fully saturated rings. The Morgan fingerprint density at radius 1 is 1.05 bits per heavy atom. The SMILES string of the molecule is Cc1ccc(-n2nnc([Si](C)(C)C)c2C(C)C)cc1. The molecule has 19 heavy (non-hydrogen) atoms. The van der Waals surface area contributed by atoms with E-state index < -0.39 is 8.07 Å². The molecule has 1 aromatic carbocycles. The number of hydrogen-bond acceptors (Lipinski definition) is 2. The van der Waals surface area contributed by atoms with Crippen LogP contribution in [0.15, 0.2) is 24.3 Å². The van der Waals surface area contributed by atoms with Gasteiger partial charge in [0.25, 0.3) is 0 Å². The summed E-state index contributed by atoms with van der Waals surface area (Å²) in [7, 11) is -1.46. The summed E-state index contributed by atoms with van der Waals surface area (Å²) >= 11 is 0. The Morgan fingerprint density at radius 3 is 2.11 bits per heavy atom. The van der Waals surface area contributed by atoms with Gasteiger partial charge in [-0.25, -0.2) is 4.68 Å². The summed E-state index contributed by atoms with van der Waals surface area (Å²) < 4.78 is 2.01. The van der Waals surface area contributed by atoms with Crippen molar-refractivity contribution in [2.45, 2.75) is 46.3 Å². The quantitative estimate of drug-likeness (QED) is 0.804. The topological polar surface area (TPSA) is 30.7 Å². The first kappa shape index (κ1) is 14.0. The van der Waals surface area contributed by atoms with Crippen molar-refractivity contribution in [3.8, 4) is 5.69 Å². The van der Waals surface area contributed by atoms with E-state index >= 15 is 0 Å². The molecule has 2 rings (SSSR count). The summed E-state index contributed by atoms with van der Waals surface area (Å²) in [6, 6.07) is 8.47. The van der Waals surface area contributed by atoms with Gasteiger partial charge in [-0.15, -0.1) is 5.10 Å². The summed E-state index contributed by atoms with van der Waals surface area (Å²) in [5.41, 5.74) is 3.63. The van der Waals surface area contributed by atoms with E-state index in [1.54, 1.807) is 0 Å². The first-order valence-corrected chi connectivity index (χ1v) is 10.3. The molecular formula is C15H23N3Si. The molecule has 1 aromatic heterocycles. The fraction of sp³-hybridized carbons (Fsp3) is 0.467. The second kappa shape index (κ2) is 4.93. The zero-order chi connectivity index (χ0) is 14.2. The number of benzene rings is 1. The van der Waals surface area contributed by atoms with Crippen molar-refractivity contribution in [1.29, 1.82) is 0 Å². The minimum Gasteiger partial charge on any atom is -0.217 e. The first-order chi connectivity index (χ1) is 8.80. The molecular weight excluding hydrogens is 250 g/mol. The summed E-state index contributed by atoms with van der Waals surface area (Å²) in [5, 5.41) is 10.1. The van der Waals surface area contributed by atoms with Gasteiger partial charge >= 0.3 is 0 Å². The van der Waals surface area contributed by atoms with E-state index in [1.165, 1.54) is 16.6 Å². The Labute approximate surface area is 116 Å². The van der Waals surface area contributed by atoms with Crippen molar-refractivity contribution in [2.75, 3.05) is 0 Å². The molecule has 0 radical (unpaired) electrons. The van der Waals surface area contributed by atoms with E-state index in [2.05, 4.69) is 75.0 Å². The molecule has 2 aromatic rings. The highest BCUT2D eigenvalue weighted by Crippen LogP contribution is 2.19. The number of rotatable bonds is 3. The normalized spacial score (nSPS) is 12.2. The van der Waals surface area contributed by atoms with Gasteiger partial charge in [0.1, 0.15) is 8.07 Å². The summed E-state index contributed by atoms with van der Waals surface area (Å²) in [6.45, 7) is 13.5. The lowest BCUT2D eigenvalue weighted by Crippen LogP contribution is -2.41. The van der Waals surface area contributed by atoms with Crippen LogP contribution in [0, 0.1) is 6.92 Å². The molecule has 0 aliphatic heterocycles. The largest absolute Gasteiger partial charge is 0.217 e. The van der Waals surface area contributed by atoms with E-state index in [9.17, 15) is 0 Å². The number of aromatic nitrogens is 3. The van der Waals surface area contributed by atoms with Crippen molar-refractivity contribution >= 4 is 13.4 Å². The first-order valence-electron chi connectivity index (χ1n) is 6.84. The van der Waals surface area contributed by atoms with E-state index in [1.807, 2.05) is 4.68 Å². The molecule has 0 aliphatic carbocycles. The monoisotopic (exact) mass is 273 g/mol. The molecule has 0 saturated carbocycles. The van der Waals surface area contributed by atoms with Crippen LogP contribution in [-0.4, -0.2) is 23.1 Å². The van der Waals surface area contributed by atoms with E-state index in [0.717, 1.165) is 5.69 Å². The van der Waals surface area contributed by atoms with E-state index in [4.69, 9.17) is 0 Å². The van der Waals surface area contributed by atoms with Gasteiger partial charge in [0.15, 0.2) is 0 Å². The Balaban J connectivity index is 2.59. The van der Waals surface area contributed by atoms with Crippen molar-refractivity contribution < 1.29 is 0 Å². The summed E-state index contributed by atoms with van der Waals surface area (Å²) in [4.78, 5) is 0. The third-order valence-electron chi connectivity index (χ3n) is 3.24. The standard InChI is InChI=1S/C15H23N3Si/c1-11(2)14-15(19(4,5)6)16-17-18(14)13-9-7-12(3)8-10-13/h7-11H,1-6H3. The maximum absolute atomic E-state index is 4.48. The minimum absolute atomic E-state index is 0.429. The van der Waals surface area contributed by atoms with Crippen LogP contribution in [0.5, 0.6) is 0 Å². The highest BCUT2D eigenvalue weighted by molar-refractivity contribution is 6.88. The molecule has 3 nitrogen and oxygen atoms in total. The van der Waals surface area contributed by atoms with Crippen molar-refractivity contribution in [3.63, 3.8) is 0 Å². The molecule has 0 aliphatic rings. The summed E-state index contributed by atoms with van der Waals surface area (Å²) in [6.07, 6.45) is 0. The predicted molar refractivity (Wildman–Crippen MR) is 83.2 cm³/mol. The van der Waals surface area contributed by atoms with Gasteiger partial charge in [0.05, 0.1) is 16.7 Å².